The lowest BCUT2D eigenvalue weighted by molar-refractivity contribution is 0.0649. The molecule has 0 atom stereocenters. The molecule has 3 heterocycles. The summed E-state index contributed by atoms with van der Waals surface area (Å²) in [6.45, 7) is 5.05. The normalized spacial score (nSPS) is 17.1. The first kappa shape index (κ1) is 20.1. The van der Waals surface area contributed by atoms with E-state index in [0.717, 1.165) is 45.0 Å². The van der Waals surface area contributed by atoms with Crippen molar-refractivity contribution in [3.63, 3.8) is 0 Å². The van der Waals surface area contributed by atoms with Crippen LogP contribution in [0.5, 0.6) is 0 Å². The summed E-state index contributed by atoms with van der Waals surface area (Å²) >= 11 is 1.55. The van der Waals surface area contributed by atoms with Crippen molar-refractivity contribution in [2.24, 2.45) is 0 Å². The number of amides is 2. The third-order valence-electron chi connectivity index (χ3n) is 6.08. The largest absolute Gasteiger partial charge is 0.353 e. The van der Waals surface area contributed by atoms with Gasteiger partial charge in [0.1, 0.15) is 11.6 Å². The van der Waals surface area contributed by atoms with Crippen LogP contribution in [0.4, 0.5) is 10.2 Å². The van der Waals surface area contributed by atoms with Crippen molar-refractivity contribution in [2.75, 3.05) is 44.2 Å². The minimum atomic E-state index is -0.621. The highest BCUT2D eigenvalue weighted by Gasteiger charge is 2.37. The molecule has 0 bridgehead atoms. The molecule has 2 aliphatic heterocycles. The van der Waals surface area contributed by atoms with E-state index in [1.165, 1.54) is 33.2 Å². The molecule has 3 aromatic rings. The minimum absolute atomic E-state index is 0.0850. The second kappa shape index (κ2) is 8.36. The number of piperazine rings is 1. The van der Waals surface area contributed by atoms with Crippen molar-refractivity contribution < 1.29 is 14.0 Å². The van der Waals surface area contributed by atoms with Crippen LogP contribution in [0.3, 0.4) is 0 Å². The number of carbonyl (C=O) groups is 2. The van der Waals surface area contributed by atoms with Crippen LogP contribution >= 0.6 is 11.5 Å². The molecule has 6 nitrogen and oxygen atoms in total. The summed E-state index contributed by atoms with van der Waals surface area (Å²) in [5.41, 5.74) is 0.0915. The molecule has 0 radical (unpaired) electrons. The van der Waals surface area contributed by atoms with Gasteiger partial charge >= 0.3 is 0 Å². The highest BCUT2D eigenvalue weighted by Crippen LogP contribution is 2.30. The number of anilines is 1. The Morgan fingerprint density at radius 2 is 1.68 bits per heavy atom. The van der Waals surface area contributed by atoms with E-state index in [1.54, 1.807) is 11.5 Å². The summed E-state index contributed by atoms with van der Waals surface area (Å²) < 4.78 is 19.8. The van der Waals surface area contributed by atoms with E-state index in [9.17, 15) is 14.0 Å². The fraction of sp³-hybridized carbons (Fsp3) is 0.348. The van der Waals surface area contributed by atoms with Gasteiger partial charge < -0.3 is 4.90 Å². The Bertz CT molecular complexity index is 1140. The predicted octanol–water partition coefficient (Wildman–Crippen LogP) is 3.63. The predicted molar refractivity (Wildman–Crippen MR) is 119 cm³/mol. The Labute approximate surface area is 184 Å². The number of imide groups is 1. The van der Waals surface area contributed by atoms with E-state index >= 15 is 0 Å². The van der Waals surface area contributed by atoms with Crippen molar-refractivity contribution in [3.8, 4) is 0 Å². The van der Waals surface area contributed by atoms with E-state index in [0.29, 0.717) is 13.0 Å². The molecule has 0 spiro atoms. The van der Waals surface area contributed by atoms with Crippen molar-refractivity contribution in [1.29, 1.82) is 0 Å². The Morgan fingerprint density at radius 3 is 2.48 bits per heavy atom. The second-order valence-electron chi connectivity index (χ2n) is 7.96. The molecule has 0 saturated carbocycles. The van der Waals surface area contributed by atoms with Crippen molar-refractivity contribution >= 4 is 39.3 Å². The van der Waals surface area contributed by atoms with Gasteiger partial charge in [0, 0.05) is 38.1 Å². The number of fused-ring (bicyclic) bond motifs is 2. The number of halogens is 1. The summed E-state index contributed by atoms with van der Waals surface area (Å²) in [4.78, 5) is 30.8. The number of nitrogens with zero attached hydrogens (tertiary/aromatic N) is 4. The minimum Gasteiger partial charge on any atom is -0.353 e. The number of benzene rings is 2. The molecule has 31 heavy (non-hydrogen) atoms. The van der Waals surface area contributed by atoms with Crippen molar-refractivity contribution in [3.05, 3.63) is 59.4 Å². The quantitative estimate of drug-likeness (QED) is 0.435. The van der Waals surface area contributed by atoms with Gasteiger partial charge in [-0.1, -0.05) is 18.2 Å². The summed E-state index contributed by atoms with van der Waals surface area (Å²) in [6, 6.07) is 12.5. The third kappa shape index (κ3) is 3.70. The average molecular weight is 439 g/mol. The number of aromatic nitrogens is 1. The smallest absolute Gasteiger partial charge is 0.264 e. The molecule has 5 rings (SSSR count). The average Bonchev–Trinajstić information content (AvgIpc) is 3.32. The lowest BCUT2D eigenvalue weighted by atomic mass is 10.1. The Hall–Kier alpha value is -2.84. The number of hydrogen-bond donors (Lipinski definition) is 0. The summed E-state index contributed by atoms with van der Waals surface area (Å²) in [5.74, 6) is -0.437. The summed E-state index contributed by atoms with van der Waals surface area (Å²) in [7, 11) is 0. The maximum absolute atomic E-state index is 13.9. The maximum atomic E-state index is 13.9. The lowest BCUT2D eigenvalue weighted by Crippen LogP contribution is -2.46. The van der Waals surface area contributed by atoms with Crippen LogP contribution in [0.1, 0.15) is 33.6 Å². The summed E-state index contributed by atoms with van der Waals surface area (Å²) in [5, 5.41) is 1.22. The highest BCUT2D eigenvalue weighted by molar-refractivity contribution is 7.13. The molecule has 1 fully saturated rings. The molecule has 2 aromatic carbocycles. The van der Waals surface area contributed by atoms with Gasteiger partial charge in [0.2, 0.25) is 0 Å². The SMILES string of the molecule is O=C1c2cccc(F)c2C(=O)N1CCCCN1CCN(c2nsc3ccccc23)CC1. The van der Waals surface area contributed by atoms with Gasteiger partial charge in [-0.05, 0) is 55.2 Å². The molecule has 2 amide bonds. The molecule has 0 unspecified atom stereocenters. The molecule has 1 saturated heterocycles. The van der Waals surface area contributed by atoms with Crippen LogP contribution in [0.25, 0.3) is 10.1 Å². The number of rotatable bonds is 6. The van der Waals surface area contributed by atoms with Gasteiger partial charge in [0.25, 0.3) is 11.8 Å². The van der Waals surface area contributed by atoms with E-state index in [4.69, 9.17) is 0 Å². The molecular weight excluding hydrogens is 415 g/mol. The molecule has 160 valence electrons. The first-order valence-electron chi connectivity index (χ1n) is 10.6. The van der Waals surface area contributed by atoms with Gasteiger partial charge in [0.15, 0.2) is 0 Å². The molecule has 8 heteroatoms. The molecule has 0 aliphatic carbocycles. The van der Waals surface area contributed by atoms with Gasteiger partial charge in [-0.25, -0.2) is 4.39 Å². The van der Waals surface area contributed by atoms with Crippen LogP contribution in [0, 0.1) is 5.82 Å². The van der Waals surface area contributed by atoms with Gasteiger partial charge in [-0.3, -0.25) is 19.4 Å². The zero-order chi connectivity index (χ0) is 21.4. The first-order chi connectivity index (χ1) is 15.1. The Balaban J connectivity index is 1.09. The topological polar surface area (TPSA) is 56.8 Å². The van der Waals surface area contributed by atoms with E-state index in [-0.39, 0.29) is 17.0 Å². The van der Waals surface area contributed by atoms with Crippen LogP contribution in [0.15, 0.2) is 42.5 Å². The fourth-order valence-corrected chi connectivity index (χ4v) is 5.18. The standard InChI is InChI=1S/C23H23FN4O2S/c24-18-8-5-7-17-20(18)23(30)28(22(17)29)11-4-3-10-26-12-14-27(15-13-26)21-16-6-1-2-9-19(16)31-25-21/h1-2,5-9H,3-4,10-15H2. The van der Waals surface area contributed by atoms with E-state index in [2.05, 4.69) is 32.4 Å². The van der Waals surface area contributed by atoms with E-state index in [1.807, 2.05) is 6.07 Å². The molecule has 0 N–H and O–H groups in total. The fourth-order valence-electron chi connectivity index (χ4n) is 4.38. The zero-order valence-corrected chi connectivity index (χ0v) is 17.9. The Morgan fingerprint density at radius 1 is 0.903 bits per heavy atom. The number of unbranched alkanes of at least 4 members (excludes halogenated alkanes) is 1. The second-order valence-corrected chi connectivity index (χ2v) is 8.77. The molecule has 2 aliphatic rings. The van der Waals surface area contributed by atoms with E-state index < -0.39 is 11.7 Å². The maximum Gasteiger partial charge on any atom is 0.264 e. The summed E-state index contributed by atoms with van der Waals surface area (Å²) in [6.07, 6.45) is 1.60. The van der Waals surface area contributed by atoms with Crippen LogP contribution in [-0.4, -0.2) is 65.3 Å². The third-order valence-corrected chi connectivity index (χ3v) is 6.90. The molecular formula is C23H23FN4O2S. The highest BCUT2D eigenvalue weighted by atomic mass is 32.1. The van der Waals surface area contributed by atoms with Crippen molar-refractivity contribution in [2.45, 2.75) is 12.8 Å². The van der Waals surface area contributed by atoms with Gasteiger partial charge in [-0.2, -0.15) is 4.37 Å². The van der Waals surface area contributed by atoms with Crippen molar-refractivity contribution in [1.82, 2.24) is 14.2 Å². The molecule has 1 aromatic heterocycles. The van der Waals surface area contributed by atoms with Crippen LogP contribution < -0.4 is 4.90 Å². The van der Waals surface area contributed by atoms with Crippen LogP contribution in [0.2, 0.25) is 0 Å². The van der Waals surface area contributed by atoms with Gasteiger partial charge in [0.05, 0.1) is 15.8 Å². The number of hydrogen-bond acceptors (Lipinski definition) is 6. The Kier molecular flexibility index (Phi) is 5.41. The monoisotopic (exact) mass is 438 g/mol. The first-order valence-corrected chi connectivity index (χ1v) is 11.4. The zero-order valence-electron chi connectivity index (χ0n) is 17.1. The lowest BCUT2D eigenvalue weighted by Gasteiger charge is -2.35. The number of carbonyl (C=O) groups excluding carboxylic acids is 2. The van der Waals surface area contributed by atoms with Gasteiger partial charge in [-0.15, -0.1) is 0 Å². The van der Waals surface area contributed by atoms with Crippen LogP contribution in [-0.2, 0) is 0 Å².